The number of carbonyl (C=O) groups excluding carboxylic acids is 3. The first-order valence-electron chi connectivity index (χ1n) is 13.8. The fourth-order valence-corrected chi connectivity index (χ4v) is 6.89. The molecule has 3 unspecified atom stereocenters. The minimum atomic E-state index is -4.02. The van der Waals surface area contributed by atoms with Crippen molar-refractivity contribution in [1.82, 2.24) is 10.3 Å². The number of nitrogens with zero attached hydrogens (tertiary/aromatic N) is 2. The maximum absolute atomic E-state index is 13.8. The molecule has 0 heterocycles. The summed E-state index contributed by atoms with van der Waals surface area (Å²) in [6, 6.07) is 7.98. The summed E-state index contributed by atoms with van der Waals surface area (Å²) in [7, 11) is 2.73. The number of benzene rings is 2. The maximum atomic E-state index is 13.8. The number of aryl methyl sites for hydroxylation is 1. The summed E-state index contributed by atoms with van der Waals surface area (Å²) in [5.74, 6) is -1.29. The van der Waals surface area contributed by atoms with Gasteiger partial charge in [-0.1, -0.05) is 17.7 Å². The van der Waals surface area contributed by atoms with E-state index in [0.717, 1.165) is 11.3 Å². The van der Waals surface area contributed by atoms with E-state index in [2.05, 4.69) is 0 Å². The molecule has 0 saturated heterocycles. The fraction of sp³-hybridized carbons (Fsp3) is 0.367. The van der Waals surface area contributed by atoms with Crippen LogP contribution in [0.25, 0.3) is 5.76 Å². The topological polar surface area (TPSA) is 231 Å². The van der Waals surface area contributed by atoms with Gasteiger partial charge in [0.2, 0.25) is 5.78 Å². The molecular weight excluding hydrogens is 608 g/mol. The highest BCUT2D eigenvalue weighted by Crippen LogP contribution is 2.53. The SMILES string of the molecule is CN(C)c1ccc(O)c2c1CC1CC3[C@H](N(C)C)C(=O)C(C(=O)NN)=C(O)C3(O)C(=O)C1=C2O.Cc1ccc(S(=O)(=O)O)cc1. The molecule has 14 nitrogen and oxygen atoms in total. The number of ketones is 2. The number of phenolic OH excluding ortho intramolecular Hbond substituents is 1. The molecule has 45 heavy (non-hydrogen) atoms. The van der Waals surface area contributed by atoms with Crippen LogP contribution >= 0.6 is 0 Å². The number of amides is 1. The highest BCUT2D eigenvalue weighted by Gasteiger charge is 2.64. The van der Waals surface area contributed by atoms with Gasteiger partial charge in [-0.3, -0.25) is 29.3 Å². The van der Waals surface area contributed by atoms with Crippen molar-refractivity contribution in [2.24, 2.45) is 17.7 Å². The number of anilines is 1. The van der Waals surface area contributed by atoms with Crippen LogP contribution in [0.1, 0.15) is 23.1 Å². The molecule has 0 bridgehead atoms. The third kappa shape index (κ3) is 5.57. The smallest absolute Gasteiger partial charge is 0.294 e. The molecule has 1 amide bonds. The average molecular weight is 645 g/mol. The molecule has 1 saturated carbocycles. The largest absolute Gasteiger partial charge is 0.508 e. The Morgan fingerprint density at radius 2 is 1.62 bits per heavy atom. The molecule has 5 rings (SSSR count). The van der Waals surface area contributed by atoms with Gasteiger partial charge in [0.1, 0.15) is 22.8 Å². The molecule has 1 fully saturated rings. The molecule has 0 spiro atoms. The van der Waals surface area contributed by atoms with Crippen molar-refractivity contribution in [3.63, 3.8) is 0 Å². The lowest BCUT2D eigenvalue weighted by atomic mass is 9.57. The van der Waals surface area contributed by atoms with Crippen LogP contribution in [0.3, 0.4) is 0 Å². The Morgan fingerprint density at radius 3 is 2.13 bits per heavy atom. The van der Waals surface area contributed by atoms with Crippen molar-refractivity contribution in [3.8, 4) is 5.75 Å². The number of likely N-dealkylation sites (N-methyl/N-ethyl adjacent to an activating group) is 1. The quantitative estimate of drug-likeness (QED) is 0.0803. The third-order valence-electron chi connectivity index (χ3n) is 8.49. The molecule has 15 heteroatoms. The molecule has 3 aliphatic carbocycles. The van der Waals surface area contributed by atoms with E-state index in [4.69, 9.17) is 10.4 Å². The van der Waals surface area contributed by atoms with Crippen molar-refractivity contribution in [2.75, 3.05) is 33.1 Å². The Hall–Kier alpha value is -4.28. The van der Waals surface area contributed by atoms with Crippen LogP contribution < -0.4 is 16.2 Å². The molecule has 0 radical (unpaired) electrons. The van der Waals surface area contributed by atoms with Crippen LogP contribution in [0.5, 0.6) is 5.75 Å². The molecule has 0 aliphatic heterocycles. The van der Waals surface area contributed by atoms with E-state index in [1.165, 1.54) is 23.1 Å². The van der Waals surface area contributed by atoms with E-state index < -0.39 is 68.2 Å². The number of aliphatic hydroxyl groups is 3. The zero-order valence-electron chi connectivity index (χ0n) is 25.3. The van der Waals surface area contributed by atoms with Gasteiger partial charge in [-0.25, -0.2) is 5.84 Å². The van der Waals surface area contributed by atoms with Gasteiger partial charge in [-0.15, -0.1) is 0 Å². The van der Waals surface area contributed by atoms with Crippen LogP contribution in [0.15, 0.2) is 58.2 Å². The number of aromatic hydroxyl groups is 1. The van der Waals surface area contributed by atoms with Gasteiger partial charge in [-0.2, -0.15) is 8.42 Å². The Balaban J connectivity index is 0.000000354. The first-order valence-corrected chi connectivity index (χ1v) is 15.2. The van der Waals surface area contributed by atoms with Crippen molar-refractivity contribution in [1.29, 1.82) is 0 Å². The lowest BCUT2D eigenvalue weighted by molar-refractivity contribution is -0.153. The van der Waals surface area contributed by atoms with Crippen molar-refractivity contribution >= 4 is 39.0 Å². The summed E-state index contributed by atoms with van der Waals surface area (Å²) in [4.78, 5) is 42.5. The van der Waals surface area contributed by atoms with Gasteiger partial charge in [0, 0.05) is 31.3 Å². The molecule has 2 aromatic carbocycles. The summed E-state index contributed by atoms with van der Waals surface area (Å²) in [5.41, 5.74) is 0.551. The molecule has 8 N–H and O–H groups in total. The average Bonchev–Trinajstić information content (AvgIpc) is 2.94. The summed E-state index contributed by atoms with van der Waals surface area (Å²) in [6.07, 6.45) is 0.309. The van der Waals surface area contributed by atoms with Gasteiger partial charge in [-0.05, 0) is 69.6 Å². The van der Waals surface area contributed by atoms with Crippen LogP contribution in [0.4, 0.5) is 5.69 Å². The summed E-state index contributed by atoms with van der Waals surface area (Å²) < 4.78 is 29.6. The number of hydrogen-bond donors (Lipinski definition) is 7. The normalized spacial score (nSPS) is 24.3. The van der Waals surface area contributed by atoms with E-state index in [0.29, 0.717) is 5.56 Å². The van der Waals surface area contributed by atoms with E-state index in [1.807, 2.05) is 25.9 Å². The molecule has 3 aliphatic rings. The first kappa shape index (κ1) is 33.6. The molecule has 242 valence electrons. The lowest BCUT2D eigenvalue weighted by Gasteiger charge is -2.50. The van der Waals surface area contributed by atoms with Crippen molar-refractivity contribution in [3.05, 3.63) is 70.0 Å². The van der Waals surface area contributed by atoms with E-state index in [-0.39, 0.29) is 34.6 Å². The highest BCUT2D eigenvalue weighted by atomic mass is 32.2. The zero-order valence-corrected chi connectivity index (χ0v) is 26.1. The monoisotopic (exact) mass is 644 g/mol. The van der Waals surface area contributed by atoms with Gasteiger partial charge in [0.05, 0.1) is 16.5 Å². The molecular formula is C30H36N4O10S. The van der Waals surface area contributed by atoms with Crippen LogP contribution in [-0.2, 0) is 30.9 Å². The summed E-state index contributed by atoms with van der Waals surface area (Å²) >= 11 is 0. The number of carbonyl (C=O) groups is 3. The number of aliphatic hydroxyl groups excluding tert-OH is 2. The zero-order chi connectivity index (χ0) is 33.8. The second kappa shape index (κ2) is 11.9. The third-order valence-corrected chi connectivity index (χ3v) is 9.36. The Bertz CT molecular complexity index is 1750. The van der Waals surface area contributed by atoms with E-state index in [1.54, 1.807) is 37.7 Å². The fourth-order valence-electron chi connectivity index (χ4n) is 6.41. The first-order chi connectivity index (χ1) is 20.9. The van der Waals surface area contributed by atoms with Gasteiger partial charge < -0.3 is 25.3 Å². The van der Waals surface area contributed by atoms with Crippen LogP contribution in [0, 0.1) is 18.8 Å². The second-order valence-electron chi connectivity index (χ2n) is 11.7. The highest BCUT2D eigenvalue weighted by molar-refractivity contribution is 7.85. The Labute approximate surface area is 259 Å². The number of hydrogen-bond acceptors (Lipinski definition) is 12. The molecule has 0 aromatic heterocycles. The minimum Gasteiger partial charge on any atom is -0.508 e. The van der Waals surface area contributed by atoms with Crippen LogP contribution in [-0.4, -0.2) is 95.6 Å². The number of fused-ring (bicyclic) bond motifs is 3. The number of hydrazine groups is 1. The standard InChI is InChI=1S/C23H28N4O7.C7H8O3S/c1-26(2)12-5-6-13(28)15-10(12)7-9-8-11-17(27(3)4)19(30)16(22(33)25-24)21(32)23(11,34)20(31)14(9)18(15)29;1-6-2-4-7(5-3-6)11(8,9)10/h5-6,9,11,17,28-29,32,34H,7-8,24H2,1-4H3,(H,25,33);2-5H,1H3,(H,8,9,10)/t9?,11?,17-,23?;/m0./s1. The summed E-state index contributed by atoms with van der Waals surface area (Å²) in [6.45, 7) is 1.84. The lowest BCUT2D eigenvalue weighted by Crippen LogP contribution is -2.66. The number of nitrogens with two attached hydrogens (primary N) is 1. The van der Waals surface area contributed by atoms with Gasteiger partial charge >= 0.3 is 0 Å². The Kier molecular flexibility index (Phi) is 8.89. The van der Waals surface area contributed by atoms with Gasteiger partial charge in [0.25, 0.3) is 16.0 Å². The minimum absolute atomic E-state index is 0.0553. The predicted molar refractivity (Wildman–Crippen MR) is 163 cm³/mol. The number of rotatable bonds is 4. The second-order valence-corrected chi connectivity index (χ2v) is 13.1. The van der Waals surface area contributed by atoms with Crippen molar-refractivity contribution < 1.29 is 47.8 Å². The predicted octanol–water partition coefficient (Wildman–Crippen LogP) is 0.776. The van der Waals surface area contributed by atoms with Crippen molar-refractivity contribution in [2.45, 2.75) is 36.3 Å². The van der Waals surface area contributed by atoms with E-state index in [9.17, 15) is 43.2 Å². The molecule has 4 atom stereocenters. The number of phenols is 1. The Morgan fingerprint density at radius 1 is 1.02 bits per heavy atom. The van der Waals surface area contributed by atoms with Crippen LogP contribution in [0.2, 0.25) is 0 Å². The maximum Gasteiger partial charge on any atom is 0.294 e. The number of nitrogens with one attached hydrogen (secondary N) is 1. The number of Topliss-reactive ketones (excluding diaryl/α,β-unsaturated/α-hetero) is 2. The van der Waals surface area contributed by atoms with Gasteiger partial charge in [0.15, 0.2) is 11.4 Å². The van der Waals surface area contributed by atoms with E-state index >= 15 is 0 Å². The summed E-state index contributed by atoms with van der Waals surface area (Å²) in [5, 5.41) is 44.2. The molecule has 2 aromatic rings.